The maximum Gasteiger partial charge on any atom is 0.222 e. The highest BCUT2D eigenvalue weighted by Gasteiger charge is 2.11. The van der Waals surface area contributed by atoms with Crippen LogP contribution in [0.4, 0.5) is 5.82 Å². The molecular weight excluding hydrogens is 258 g/mol. The summed E-state index contributed by atoms with van der Waals surface area (Å²) in [6.07, 6.45) is 0.800. The van der Waals surface area contributed by atoms with Crippen LogP contribution in [0.5, 0.6) is 5.88 Å². The first-order valence-electron chi connectivity index (χ1n) is 6.51. The molecule has 0 saturated carbocycles. The summed E-state index contributed by atoms with van der Waals surface area (Å²) in [5, 5.41) is 5.30. The minimum absolute atomic E-state index is 0.560. The minimum Gasteiger partial charge on any atom is -0.472 e. The van der Waals surface area contributed by atoms with Crippen molar-refractivity contribution in [3.8, 4) is 5.88 Å². The average molecular weight is 277 g/mol. The van der Waals surface area contributed by atoms with Crippen LogP contribution in [0.3, 0.4) is 0 Å². The molecule has 0 amide bonds. The first-order valence-corrected chi connectivity index (χ1v) is 7.39. The predicted octanol–water partition coefficient (Wildman–Crippen LogP) is 3.42. The molecule has 2 aromatic rings. The summed E-state index contributed by atoms with van der Waals surface area (Å²) in [4.78, 5) is 10.1. The predicted molar refractivity (Wildman–Crippen MR) is 79.0 cm³/mol. The fraction of sp³-hybridized carbons (Fsp3) is 0.429. The number of aryl methyl sites for hydroxylation is 1. The lowest BCUT2D eigenvalue weighted by atomic mass is 10.3. The highest BCUT2D eigenvalue weighted by Crippen LogP contribution is 2.23. The Morgan fingerprint density at radius 1 is 1.32 bits per heavy atom. The zero-order valence-corrected chi connectivity index (χ0v) is 12.4. The third-order valence-electron chi connectivity index (χ3n) is 2.74. The Bertz CT molecular complexity index is 526. The molecule has 0 saturated heterocycles. The molecule has 0 spiro atoms. The van der Waals surface area contributed by atoms with Crippen LogP contribution in [-0.4, -0.2) is 16.5 Å². The van der Waals surface area contributed by atoms with Crippen molar-refractivity contribution in [3.63, 3.8) is 0 Å². The van der Waals surface area contributed by atoms with Crippen molar-refractivity contribution in [2.24, 2.45) is 0 Å². The van der Waals surface area contributed by atoms with E-state index in [0.717, 1.165) is 30.2 Å². The van der Waals surface area contributed by atoms with E-state index in [1.54, 1.807) is 11.3 Å². The van der Waals surface area contributed by atoms with Gasteiger partial charge in [0.15, 0.2) is 0 Å². The van der Waals surface area contributed by atoms with Crippen LogP contribution in [0.25, 0.3) is 0 Å². The van der Waals surface area contributed by atoms with Gasteiger partial charge in [-0.15, -0.1) is 11.3 Å². The van der Waals surface area contributed by atoms with E-state index in [0.29, 0.717) is 12.5 Å². The number of anilines is 1. The van der Waals surface area contributed by atoms with Crippen molar-refractivity contribution in [2.45, 2.75) is 33.8 Å². The SMILES string of the molecule is CCNc1nc(CC)nc(OCc2cccs2)c1C. The second-order valence-electron chi connectivity index (χ2n) is 4.17. The quantitative estimate of drug-likeness (QED) is 0.879. The summed E-state index contributed by atoms with van der Waals surface area (Å²) in [6.45, 7) is 7.49. The van der Waals surface area contributed by atoms with Gasteiger partial charge in [0.25, 0.3) is 0 Å². The molecular formula is C14H19N3OS. The summed E-state index contributed by atoms with van der Waals surface area (Å²) in [7, 11) is 0. The Hall–Kier alpha value is -1.62. The number of rotatable bonds is 6. The largest absolute Gasteiger partial charge is 0.472 e. The first-order chi connectivity index (χ1) is 9.24. The fourth-order valence-corrected chi connectivity index (χ4v) is 2.33. The number of ether oxygens (including phenoxy) is 1. The number of thiophene rings is 1. The normalized spacial score (nSPS) is 10.5. The molecule has 0 unspecified atom stereocenters. The van der Waals surface area contributed by atoms with Crippen LogP contribution in [0.2, 0.25) is 0 Å². The van der Waals surface area contributed by atoms with Crippen molar-refractivity contribution < 1.29 is 4.74 Å². The maximum absolute atomic E-state index is 5.83. The first kappa shape index (κ1) is 13.8. The van der Waals surface area contributed by atoms with E-state index in [4.69, 9.17) is 4.74 Å². The van der Waals surface area contributed by atoms with E-state index in [9.17, 15) is 0 Å². The topological polar surface area (TPSA) is 47.0 Å². The van der Waals surface area contributed by atoms with Gasteiger partial charge >= 0.3 is 0 Å². The summed E-state index contributed by atoms with van der Waals surface area (Å²) in [5.41, 5.74) is 0.968. The lowest BCUT2D eigenvalue weighted by Crippen LogP contribution is -2.08. The van der Waals surface area contributed by atoms with Crippen LogP contribution in [0.1, 0.15) is 30.1 Å². The molecule has 102 valence electrons. The minimum atomic E-state index is 0.560. The van der Waals surface area contributed by atoms with E-state index >= 15 is 0 Å². The van der Waals surface area contributed by atoms with Crippen molar-refractivity contribution >= 4 is 17.2 Å². The lowest BCUT2D eigenvalue weighted by Gasteiger charge is -2.13. The lowest BCUT2D eigenvalue weighted by molar-refractivity contribution is 0.293. The van der Waals surface area contributed by atoms with Crippen LogP contribution in [0.15, 0.2) is 17.5 Å². The zero-order chi connectivity index (χ0) is 13.7. The summed E-state index contributed by atoms with van der Waals surface area (Å²) in [5.74, 6) is 2.36. The molecule has 0 aliphatic rings. The molecule has 2 aromatic heterocycles. The van der Waals surface area contributed by atoms with Crippen molar-refractivity contribution in [1.29, 1.82) is 0 Å². The molecule has 4 nitrogen and oxygen atoms in total. The van der Waals surface area contributed by atoms with E-state index < -0.39 is 0 Å². The van der Waals surface area contributed by atoms with Gasteiger partial charge in [0, 0.05) is 17.8 Å². The molecule has 0 aromatic carbocycles. The average Bonchev–Trinajstić information content (AvgIpc) is 2.93. The number of aromatic nitrogens is 2. The van der Waals surface area contributed by atoms with Gasteiger partial charge in [0.1, 0.15) is 18.2 Å². The number of nitrogens with one attached hydrogen (secondary N) is 1. The molecule has 0 atom stereocenters. The standard InChI is InChI=1S/C14H19N3OS/c1-4-12-16-13(15-5-2)10(3)14(17-12)18-9-11-7-6-8-19-11/h6-8H,4-5,9H2,1-3H3,(H,15,16,17). The Morgan fingerprint density at radius 2 is 2.16 bits per heavy atom. The van der Waals surface area contributed by atoms with E-state index in [1.807, 2.05) is 25.3 Å². The summed E-state index contributed by atoms with van der Waals surface area (Å²) < 4.78 is 5.83. The van der Waals surface area contributed by atoms with Crippen LogP contribution >= 0.6 is 11.3 Å². The van der Waals surface area contributed by atoms with Gasteiger partial charge in [0.2, 0.25) is 5.88 Å². The van der Waals surface area contributed by atoms with E-state index in [-0.39, 0.29) is 0 Å². The van der Waals surface area contributed by atoms with Crippen molar-refractivity contribution in [3.05, 3.63) is 33.8 Å². The van der Waals surface area contributed by atoms with Gasteiger partial charge in [0.05, 0.1) is 5.56 Å². The second-order valence-corrected chi connectivity index (χ2v) is 5.20. The fourth-order valence-electron chi connectivity index (χ4n) is 1.71. The molecule has 19 heavy (non-hydrogen) atoms. The van der Waals surface area contributed by atoms with Crippen molar-refractivity contribution in [1.82, 2.24) is 9.97 Å². The Labute approximate surface area is 117 Å². The van der Waals surface area contributed by atoms with E-state index in [2.05, 4.69) is 28.3 Å². The molecule has 0 aliphatic carbocycles. The van der Waals surface area contributed by atoms with Gasteiger partial charge in [-0.25, -0.2) is 4.98 Å². The molecule has 0 radical (unpaired) electrons. The zero-order valence-electron chi connectivity index (χ0n) is 11.6. The highest BCUT2D eigenvalue weighted by atomic mass is 32.1. The second kappa shape index (κ2) is 6.52. The van der Waals surface area contributed by atoms with Gasteiger partial charge in [-0.1, -0.05) is 13.0 Å². The molecule has 0 bridgehead atoms. The number of hydrogen-bond donors (Lipinski definition) is 1. The van der Waals surface area contributed by atoms with Crippen LogP contribution in [0, 0.1) is 6.92 Å². The number of hydrogen-bond acceptors (Lipinski definition) is 5. The number of nitrogens with zero attached hydrogens (tertiary/aromatic N) is 2. The van der Waals surface area contributed by atoms with Gasteiger partial charge in [-0.05, 0) is 25.3 Å². The van der Waals surface area contributed by atoms with Crippen LogP contribution in [-0.2, 0) is 13.0 Å². The van der Waals surface area contributed by atoms with Gasteiger partial charge in [-0.3, -0.25) is 0 Å². The molecule has 2 rings (SSSR count). The smallest absolute Gasteiger partial charge is 0.222 e. The van der Waals surface area contributed by atoms with Crippen LogP contribution < -0.4 is 10.1 Å². The Kier molecular flexibility index (Phi) is 4.74. The monoisotopic (exact) mass is 277 g/mol. The molecule has 1 N–H and O–H groups in total. The maximum atomic E-state index is 5.83. The van der Waals surface area contributed by atoms with E-state index in [1.165, 1.54) is 4.88 Å². The third-order valence-corrected chi connectivity index (χ3v) is 3.59. The molecule has 0 aliphatic heterocycles. The molecule has 0 fully saturated rings. The summed E-state index contributed by atoms with van der Waals surface area (Å²) in [6, 6.07) is 4.09. The van der Waals surface area contributed by atoms with Crippen molar-refractivity contribution in [2.75, 3.05) is 11.9 Å². The highest BCUT2D eigenvalue weighted by molar-refractivity contribution is 7.09. The van der Waals surface area contributed by atoms with Gasteiger partial charge < -0.3 is 10.1 Å². The molecule has 2 heterocycles. The third kappa shape index (κ3) is 3.44. The van der Waals surface area contributed by atoms with Gasteiger partial charge in [-0.2, -0.15) is 4.98 Å². The Morgan fingerprint density at radius 3 is 2.79 bits per heavy atom. The molecule has 5 heteroatoms. The Balaban J connectivity index is 2.20. The summed E-state index contributed by atoms with van der Waals surface area (Å²) >= 11 is 1.69.